The fraction of sp³-hybridized carbons (Fsp3) is 0.176. The van der Waals surface area contributed by atoms with Gasteiger partial charge in [0.2, 0.25) is 0 Å². The number of fused-ring (bicyclic) bond motifs is 3. The summed E-state index contributed by atoms with van der Waals surface area (Å²) in [4.78, 5) is 0. The second-order valence-electron chi connectivity index (χ2n) is 5.19. The predicted molar refractivity (Wildman–Crippen MR) is 78.9 cm³/mol. The molecule has 0 bridgehead atoms. The summed E-state index contributed by atoms with van der Waals surface area (Å²) < 4.78 is 0. The average Bonchev–Trinajstić information content (AvgIpc) is 2.38. The zero-order chi connectivity index (χ0) is 13.6. The maximum atomic E-state index is 10.2. The summed E-state index contributed by atoms with van der Waals surface area (Å²) in [5, 5.41) is 23.6. The van der Waals surface area contributed by atoms with Gasteiger partial charge in [0, 0.05) is 10.8 Å². The van der Waals surface area contributed by atoms with Gasteiger partial charge in [-0.2, -0.15) is 0 Å². The van der Waals surface area contributed by atoms with Gasteiger partial charge in [0.05, 0.1) is 0 Å². The van der Waals surface area contributed by atoms with Gasteiger partial charge in [-0.3, -0.25) is 0 Å². The van der Waals surface area contributed by atoms with Crippen LogP contribution in [0.3, 0.4) is 0 Å². The highest BCUT2D eigenvalue weighted by atomic mass is 16.3. The van der Waals surface area contributed by atoms with E-state index in [1.807, 2.05) is 24.3 Å². The van der Waals surface area contributed by atoms with Crippen molar-refractivity contribution < 1.29 is 10.2 Å². The number of aromatic hydroxyl groups is 2. The molecule has 0 saturated carbocycles. The second kappa shape index (κ2) is 4.16. The van der Waals surface area contributed by atoms with Crippen LogP contribution in [0.4, 0.5) is 0 Å². The van der Waals surface area contributed by atoms with Gasteiger partial charge < -0.3 is 10.2 Å². The van der Waals surface area contributed by atoms with E-state index in [1.165, 1.54) is 5.56 Å². The zero-order valence-corrected chi connectivity index (χ0v) is 11.0. The lowest BCUT2D eigenvalue weighted by atomic mass is 9.92. The summed E-state index contributed by atoms with van der Waals surface area (Å²) in [5.74, 6) is 0.891. The molecule has 3 aromatic rings. The molecule has 0 heterocycles. The van der Waals surface area contributed by atoms with Crippen molar-refractivity contribution in [1.29, 1.82) is 0 Å². The van der Waals surface area contributed by atoms with Crippen LogP contribution in [0.15, 0.2) is 42.5 Å². The summed E-state index contributed by atoms with van der Waals surface area (Å²) in [6.07, 6.45) is 0. The molecule has 2 N–H and O–H groups in total. The maximum Gasteiger partial charge on any atom is 0.124 e. The molecule has 96 valence electrons. The molecule has 0 aromatic heterocycles. The Morgan fingerprint density at radius 2 is 1.47 bits per heavy atom. The topological polar surface area (TPSA) is 40.5 Å². The number of phenolic OH excluding ortho intramolecular Hbond substituents is 2. The maximum absolute atomic E-state index is 10.2. The van der Waals surface area contributed by atoms with Gasteiger partial charge in [-0.1, -0.05) is 44.2 Å². The van der Waals surface area contributed by atoms with Crippen LogP contribution in [0.25, 0.3) is 21.5 Å². The number of phenols is 2. The first kappa shape index (κ1) is 11.8. The second-order valence-corrected chi connectivity index (χ2v) is 5.19. The van der Waals surface area contributed by atoms with Crippen molar-refractivity contribution in [3.8, 4) is 11.5 Å². The molecule has 3 rings (SSSR count). The molecular weight excluding hydrogens is 236 g/mol. The van der Waals surface area contributed by atoms with Gasteiger partial charge in [0.1, 0.15) is 11.5 Å². The van der Waals surface area contributed by atoms with Crippen LogP contribution in [-0.4, -0.2) is 10.2 Å². The highest BCUT2D eigenvalue weighted by molar-refractivity contribution is 6.13. The number of hydrogen-bond donors (Lipinski definition) is 2. The third-order valence-electron chi connectivity index (χ3n) is 3.65. The molecule has 0 atom stereocenters. The Morgan fingerprint density at radius 1 is 0.737 bits per heavy atom. The standard InChI is InChI=1S/C17H16O2/c1-10(2)11-8-9-16(19)17-13-4-3-5-15(18)12(13)6-7-14(11)17/h3-10,18-19H,1-2H3. The van der Waals surface area contributed by atoms with Gasteiger partial charge in [-0.05, 0) is 34.4 Å². The normalized spacial score (nSPS) is 11.5. The van der Waals surface area contributed by atoms with Gasteiger partial charge in [0.25, 0.3) is 0 Å². The first-order valence-electron chi connectivity index (χ1n) is 6.46. The Balaban J connectivity index is 2.55. The van der Waals surface area contributed by atoms with E-state index in [0.717, 1.165) is 21.5 Å². The zero-order valence-electron chi connectivity index (χ0n) is 11.0. The molecule has 0 fully saturated rings. The van der Waals surface area contributed by atoms with Gasteiger partial charge >= 0.3 is 0 Å². The predicted octanol–water partition coefficient (Wildman–Crippen LogP) is 4.53. The van der Waals surface area contributed by atoms with Crippen LogP contribution in [0, 0.1) is 0 Å². The highest BCUT2D eigenvalue weighted by Crippen LogP contribution is 2.38. The summed E-state index contributed by atoms with van der Waals surface area (Å²) in [5.41, 5.74) is 1.21. The number of rotatable bonds is 1. The van der Waals surface area contributed by atoms with E-state index in [1.54, 1.807) is 18.2 Å². The molecule has 0 spiro atoms. The average molecular weight is 252 g/mol. The Morgan fingerprint density at radius 3 is 2.21 bits per heavy atom. The quantitative estimate of drug-likeness (QED) is 0.625. The number of benzene rings is 3. The molecule has 0 aliphatic heterocycles. The highest BCUT2D eigenvalue weighted by Gasteiger charge is 2.12. The lowest BCUT2D eigenvalue weighted by Crippen LogP contribution is -1.90. The summed E-state index contributed by atoms with van der Waals surface area (Å²) in [6, 6.07) is 13.0. The molecule has 0 unspecified atom stereocenters. The van der Waals surface area contributed by atoms with E-state index < -0.39 is 0 Å². The van der Waals surface area contributed by atoms with E-state index in [-0.39, 0.29) is 11.5 Å². The fourth-order valence-electron chi connectivity index (χ4n) is 2.70. The Hall–Kier alpha value is -2.22. The van der Waals surface area contributed by atoms with Crippen molar-refractivity contribution in [2.75, 3.05) is 0 Å². The van der Waals surface area contributed by atoms with Crippen LogP contribution in [-0.2, 0) is 0 Å². The molecule has 2 nitrogen and oxygen atoms in total. The van der Waals surface area contributed by atoms with Gasteiger partial charge in [-0.25, -0.2) is 0 Å². The molecule has 0 saturated heterocycles. The van der Waals surface area contributed by atoms with Crippen molar-refractivity contribution in [1.82, 2.24) is 0 Å². The van der Waals surface area contributed by atoms with E-state index >= 15 is 0 Å². The van der Waals surface area contributed by atoms with Crippen molar-refractivity contribution >= 4 is 21.5 Å². The molecular formula is C17H16O2. The van der Waals surface area contributed by atoms with E-state index in [2.05, 4.69) is 13.8 Å². The monoisotopic (exact) mass is 252 g/mol. The summed E-state index contributed by atoms with van der Waals surface area (Å²) in [6.45, 7) is 4.27. The smallest absolute Gasteiger partial charge is 0.124 e. The van der Waals surface area contributed by atoms with Gasteiger partial charge in [0.15, 0.2) is 0 Å². The van der Waals surface area contributed by atoms with Crippen LogP contribution < -0.4 is 0 Å². The molecule has 0 aliphatic rings. The first-order valence-corrected chi connectivity index (χ1v) is 6.46. The third-order valence-corrected chi connectivity index (χ3v) is 3.65. The number of hydrogen-bond acceptors (Lipinski definition) is 2. The van der Waals surface area contributed by atoms with E-state index in [0.29, 0.717) is 5.92 Å². The largest absolute Gasteiger partial charge is 0.507 e. The Kier molecular flexibility index (Phi) is 2.59. The lowest BCUT2D eigenvalue weighted by molar-refractivity contribution is 0.481. The molecule has 0 radical (unpaired) electrons. The van der Waals surface area contributed by atoms with Crippen LogP contribution >= 0.6 is 0 Å². The van der Waals surface area contributed by atoms with Gasteiger partial charge in [-0.15, -0.1) is 0 Å². The minimum atomic E-state index is 0.244. The molecule has 19 heavy (non-hydrogen) atoms. The van der Waals surface area contributed by atoms with Crippen molar-refractivity contribution in [2.24, 2.45) is 0 Å². The summed E-state index contributed by atoms with van der Waals surface area (Å²) in [7, 11) is 0. The van der Waals surface area contributed by atoms with Crippen molar-refractivity contribution in [2.45, 2.75) is 19.8 Å². The van der Waals surface area contributed by atoms with Crippen molar-refractivity contribution in [3.05, 3.63) is 48.0 Å². The minimum Gasteiger partial charge on any atom is -0.507 e. The molecule has 3 aromatic carbocycles. The summed E-state index contributed by atoms with van der Waals surface area (Å²) >= 11 is 0. The Bertz CT molecular complexity index is 773. The molecule has 2 heteroatoms. The Labute approximate surface area is 111 Å². The molecule has 0 aliphatic carbocycles. The third kappa shape index (κ3) is 1.72. The SMILES string of the molecule is CC(C)c1ccc(O)c2c1ccc1c(O)cccc12. The van der Waals surface area contributed by atoms with Crippen molar-refractivity contribution in [3.63, 3.8) is 0 Å². The lowest BCUT2D eigenvalue weighted by Gasteiger charge is -2.13. The minimum absolute atomic E-state index is 0.244. The van der Waals surface area contributed by atoms with Crippen LogP contribution in [0.1, 0.15) is 25.3 Å². The molecule has 0 amide bonds. The first-order chi connectivity index (χ1) is 9.09. The van der Waals surface area contributed by atoms with Crippen LogP contribution in [0.2, 0.25) is 0 Å². The fourth-order valence-corrected chi connectivity index (χ4v) is 2.70. The van der Waals surface area contributed by atoms with Crippen LogP contribution in [0.5, 0.6) is 11.5 Å². The van der Waals surface area contributed by atoms with E-state index in [4.69, 9.17) is 0 Å². The van der Waals surface area contributed by atoms with E-state index in [9.17, 15) is 10.2 Å².